The lowest BCUT2D eigenvalue weighted by Gasteiger charge is -2.26. The molecule has 168 valence electrons. The van der Waals surface area contributed by atoms with Crippen molar-refractivity contribution in [1.29, 1.82) is 0 Å². The zero-order valence-corrected chi connectivity index (χ0v) is 18.8. The predicted molar refractivity (Wildman–Crippen MR) is 115 cm³/mol. The number of nitrogens with zero attached hydrogens (tertiary/aromatic N) is 1. The molecule has 0 bridgehead atoms. The molecule has 0 radical (unpaired) electrons. The Morgan fingerprint density at radius 1 is 1.16 bits per heavy atom. The second kappa shape index (κ2) is 10.4. The van der Waals surface area contributed by atoms with Gasteiger partial charge in [0.2, 0.25) is 0 Å². The summed E-state index contributed by atoms with van der Waals surface area (Å²) in [5, 5.41) is 10.2. The third-order valence-corrected chi connectivity index (χ3v) is 5.61. The number of carbonyl (C=O) groups is 2. The third-order valence-electron chi connectivity index (χ3n) is 5.61. The highest BCUT2D eigenvalue weighted by Gasteiger charge is 2.31. The minimum Gasteiger partial charge on any atom is -0.503 e. The molecule has 2 aromatic rings. The van der Waals surface area contributed by atoms with Gasteiger partial charge in [-0.05, 0) is 43.0 Å². The van der Waals surface area contributed by atoms with Crippen LogP contribution in [0.3, 0.4) is 0 Å². The van der Waals surface area contributed by atoms with Gasteiger partial charge in [0, 0.05) is 24.6 Å². The van der Waals surface area contributed by atoms with E-state index in [9.17, 15) is 19.1 Å². The van der Waals surface area contributed by atoms with Gasteiger partial charge in [0.1, 0.15) is 11.9 Å². The number of aromatic hydroxyl groups is 1. The lowest BCUT2D eigenvalue weighted by atomic mass is 9.89. The standard InChI is InChI=1S/C24H30FNO5/c1-13(2)19(12-20(27)22-23(28)21(30-6)9-10-26-22)24(29)31-16(5)15(4)18-8-7-17(25)11-14(18)3/h7-11,13,15-16,19,28H,12H2,1-6H3/t15-,16-,19-/m0/s1. The van der Waals surface area contributed by atoms with Crippen LogP contribution in [0.15, 0.2) is 30.5 Å². The SMILES string of the molecule is COc1ccnc(C(=O)C[C@H](C(=O)O[C@@H](C)[C@H](C)c2ccc(F)cc2C)C(C)C)c1O. The van der Waals surface area contributed by atoms with E-state index in [-0.39, 0.29) is 41.3 Å². The van der Waals surface area contributed by atoms with Crippen molar-refractivity contribution in [3.8, 4) is 11.5 Å². The van der Waals surface area contributed by atoms with Crippen molar-refractivity contribution >= 4 is 11.8 Å². The quantitative estimate of drug-likeness (QED) is 0.452. The molecule has 3 atom stereocenters. The number of aryl methyl sites for hydroxylation is 1. The fourth-order valence-corrected chi connectivity index (χ4v) is 3.47. The molecule has 1 aromatic carbocycles. The average molecular weight is 432 g/mol. The van der Waals surface area contributed by atoms with Crippen molar-refractivity contribution in [3.05, 3.63) is 53.1 Å². The first kappa shape index (κ1) is 24.3. The van der Waals surface area contributed by atoms with Crippen LogP contribution in [0.5, 0.6) is 11.5 Å². The van der Waals surface area contributed by atoms with Gasteiger partial charge >= 0.3 is 5.97 Å². The fourth-order valence-electron chi connectivity index (χ4n) is 3.47. The van der Waals surface area contributed by atoms with Crippen LogP contribution in [0.4, 0.5) is 4.39 Å². The Balaban J connectivity index is 2.14. The average Bonchev–Trinajstić information content (AvgIpc) is 2.71. The van der Waals surface area contributed by atoms with E-state index in [2.05, 4.69) is 4.98 Å². The van der Waals surface area contributed by atoms with Gasteiger partial charge in [-0.25, -0.2) is 9.37 Å². The van der Waals surface area contributed by atoms with Crippen LogP contribution in [0.1, 0.15) is 61.6 Å². The predicted octanol–water partition coefficient (Wildman–Crippen LogP) is 4.82. The Kier molecular flexibility index (Phi) is 8.14. The highest BCUT2D eigenvalue weighted by molar-refractivity contribution is 5.99. The number of esters is 1. The number of Topliss-reactive ketones (excluding diaryl/α,β-unsaturated/α-hetero) is 1. The molecular weight excluding hydrogens is 401 g/mol. The van der Waals surface area contributed by atoms with Crippen LogP contribution < -0.4 is 4.74 Å². The lowest BCUT2D eigenvalue weighted by molar-refractivity contribution is -0.155. The Morgan fingerprint density at radius 3 is 2.42 bits per heavy atom. The van der Waals surface area contributed by atoms with Crippen LogP contribution in [-0.2, 0) is 9.53 Å². The Bertz CT molecular complexity index is 944. The fraction of sp³-hybridized carbons (Fsp3) is 0.458. The second-order valence-corrected chi connectivity index (χ2v) is 8.12. The second-order valence-electron chi connectivity index (χ2n) is 8.12. The van der Waals surface area contributed by atoms with Gasteiger partial charge in [-0.3, -0.25) is 9.59 Å². The molecular formula is C24H30FNO5. The first-order chi connectivity index (χ1) is 14.6. The number of benzene rings is 1. The number of aromatic nitrogens is 1. The van der Waals surface area contributed by atoms with E-state index in [1.807, 2.05) is 27.7 Å². The first-order valence-corrected chi connectivity index (χ1v) is 10.3. The van der Waals surface area contributed by atoms with Crippen LogP contribution in [0, 0.1) is 24.6 Å². The van der Waals surface area contributed by atoms with E-state index in [4.69, 9.17) is 9.47 Å². The van der Waals surface area contributed by atoms with Crippen LogP contribution >= 0.6 is 0 Å². The highest BCUT2D eigenvalue weighted by atomic mass is 19.1. The van der Waals surface area contributed by atoms with Crippen LogP contribution in [0.2, 0.25) is 0 Å². The summed E-state index contributed by atoms with van der Waals surface area (Å²) in [5.74, 6) is -2.52. The molecule has 0 fully saturated rings. The monoisotopic (exact) mass is 431 g/mol. The summed E-state index contributed by atoms with van der Waals surface area (Å²) in [6.07, 6.45) is 0.737. The highest BCUT2D eigenvalue weighted by Crippen LogP contribution is 2.31. The number of ketones is 1. The van der Waals surface area contributed by atoms with Gasteiger partial charge < -0.3 is 14.6 Å². The number of methoxy groups -OCH3 is 1. The molecule has 2 rings (SSSR count). The summed E-state index contributed by atoms with van der Waals surface area (Å²) < 4.78 is 24.1. The molecule has 1 aromatic heterocycles. The van der Waals surface area contributed by atoms with Gasteiger partial charge in [0.05, 0.1) is 13.0 Å². The molecule has 0 unspecified atom stereocenters. The van der Waals surface area contributed by atoms with Crippen LogP contribution in [-0.4, -0.2) is 35.1 Å². The molecule has 31 heavy (non-hydrogen) atoms. The molecule has 0 spiro atoms. The summed E-state index contributed by atoms with van der Waals surface area (Å²) in [6.45, 7) is 9.16. The van der Waals surface area contributed by atoms with Crippen LogP contribution in [0.25, 0.3) is 0 Å². The lowest BCUT2D eigenvalue weighted by Crippen LogP contribution is -2.30. The van der Waals surface area contributed by atoms with Crippen molar-refractivity contribution in [3.63, 3.8) is 0 Å². The van der Waals surface area contributed by atoms with E-state index < -0.39 is 23.8 Å². The van der Waals surface area contributed by atoms with Gasteiger partial charge in [-0.2, -0.15) is 0 Å². The smallest absolute Gasteiger partial charge is 0.309 e. The first-order valence-electron chi connectivity index (χ1n) is 10.3. The van der Waals surface area contributed by atoms with Crippen molar-refractivity contribution in [2.75, 3.05) is 7.11 Å². The van der Waals surface area contributed by atoms with Gasteiger partial charge in [-0.1, -0.05) is 26.8 Å². The molecule has 0 saturated carbocycles. The topological polar surface area (TPSA) is 85.7 Å². The van der Waals surface area contributed by atoms with Crippen molar-refractivity contribution in [2.24, 2.45) is 11.8 Å². The number of hydrogen-bond donors (Lipinski definition) is 1. The number of halogens is 1. The van der Waals surface area contributed by atoms with Gasteiger partial charge in [0.25, 0.3) is 0 Å². The summed E-state index contributed by atoms with van der Waals surface area (Å²) in [4.78, 5) is 29.6. The summed E-state index contributed by atoms with van der Waals surface area (Å²) in [6, 6.07) is 5.97. The van der Waals surface area contributed by atoms with E-state index in [1.54, 1.807) is 13.0 Å². The van der Waals surface area contributed by atoms with Crippen molar-refractivity contribution in [1.82, 2.24) is 4.98 Å². The minimum absolute atomic E-state index is 0.138. The summed E-state index contributed by atoms with van der Waals surface area (Å²) in [5.41, 5.74) is 1.54. The maximum Gasteiger partial charge on any atom is 0.309 e. The molecule has 1 N–H and O–H groups in total. The zero-order valence-electron chi connectivity index (χ0n) is 18.8. The Hall–Kier alpha value is -2.96. The molecule has 0 aliphatic carbocycles. The Morgan fingerprint density at radius 2 is 1.84 bits per heavy atom. The van der Waals surface area contributed by atoms with E-state index in [0.29, 0.717) is 0 Å². The number of rotatable bonds is 9. The molecule has 0 amide bonds. The number of ether oxygens (including phenoxy) is 2. The normalized spacial score (nSPS) is 14.1. The van der Waals surface area contributed by atoms with Gasteiger partial charge in [-0.15, -0.1) is 0 Å². The van der Waals surface area contributed by atoms with Gasteiger partial charge in [0.15, 0.2) is 23.0 Å². The van der Waals surface area contributed by atoms with Crippen molar-refractivity contribution < 1.29 is 28.6 Å². The summed E-state index contributed by atoms with van der Waals surface area (Å²) >= 11 is 0. The molecule has 0 aliphatic heterocycles. The molecule has 7 heteroatoms. The molecule has 0 saturated heterocycles. The Labute approximate surface area is 182 Å². The van der Waals surface area contributed by atoms with E-state index >= 15 is 0 Å². The molecule has 6 nitrogen and oxygen atoms in total. The van der Waals surface area contributed by atoms with Crippen molar-refractivity contribution in [2.45, 2.75) is 53.1 Å². The third kappa shape index (κ3) is 5.81. The largest absolute Gasteiger partial charge is 0.503 e. The summed E-state index contributed by atoms with van der Waals surface area (Å²) in [7, 11) is 1.38. The molecule has 1 heterocycles. The zero-order chi connectivity index (χ0) is 23.3. The number of hydrogen-bond acceptors (Lipinski definition) is 6. The molecule has 0 aliphatic rings. The minimum atomic E-state index is -0.705. The maximum absolute atomic E-state index is 13.4. The van der Waals surface area contributed by atoms with E-state index in [1.165, 1.54) is 31.5 Å². The number of carbonyl (C=O) groups excluding carboxylic acids is 2. The van der Waals surface area contributed by atoms with E-state index in [0.717, 1.165) is 11.1 Å². The number of pyridine rings is 1. The maximum atomic E-state index is 13.4.